The molecule has 0 bridgehead atoms. The van der Waals surface area contributed by atoms with Crippen LogP contribution in [0.2, 0.25) is 0 Å². The van der Waals surface area contributed by atoms with Gasteiger partial charge in [0, 0.05) is 45.1 Å². The number of anilines is 1. The molecule has 4 N–H and O–H groups in total. The number of rotatable bonds is 13. The number of aromatic nitrogens is 1. The molecular weight excluding hydrogens is 520 g/mol. The highest BCUT2D eigenvalue weighted by molar-refractivity contribution is 7.15. The molecule has 5 heteroatoms. The molecule has 0 saturated heterocycles. The summed E-state index contributed by atoms with van der Waals surface area (Å²) in [6.45, 7) is 29.2. The summed E-state index contributed by atoms with van der Waals surface area (Å²) in [4.78, 5) is 7.01. The normalized spacial score (nSPS) is 15.0. The van der Waals surface area contributed by atoms with Crippen molar-refractivity contribution in [3.05, 3.63) is 143 Å². The van der Waals surface area contributed by atoms with Gasteiger partial charge in [0.15, 0.2) is 0 Å². The van der Waals surface area contributed by atoms with Crippen LogP contribution in [0, 0.1) is 19.8 Å². The number of aryl methyl sites for hydroxylation is 1. The Morgan fingerprint density at radius 2 is 1.66 bits per heavy atom. The second-order valence-corrected chi connectivity index (χ2v) is 11.6. The van der Waals surface area contributed by atoms with Crippen molar-refractivity contribution >= 4 is 17.0 Å². The average molecular weight is 565 g/mol. The zero-order valence-electron chi connectivity index (χ0n) is 25.1. The smallest absolute Gasteiger partial charge is 0.0851 e. The van der Waals surface area contributed by atoms with Crippen LogP contribution in [0.1, 0.15) is 50.0 Å². The van der Waals surface area contributed by atoms with Gasteiger partial charge in [0.1, 0.15) is 0 Å². The molecule has 214 valence electrons. The van der Waals surface area contributed by atoms with Crippen molar-refractivity contribution in [2.45, 2.75) is 53.4 Å². The van der Waals surface area contributed by atoms with Crippen molar-refractivity contribution in [1.29, 1.82) is 0 Å². The molecule has 1 aliphatic rings. The predicted molar refractivity (Wildman–Crippen MR) is 180 cm³/mol. The Balaban J connectivity index is 1.84. The van der Waals surface area contributed by atoms with Gasteiger partial charge in [0.25, 0.3) is 0 Å². The van der Waals surface area contributed by atoms with Gasteiger partial charge in [-0.25, -0.2) is 0 Å². The van der Waals surface area contributed by atoms with Crippen molar-refractivity contribution in [1.82, 2.24) is 10.3 Å². The van der Waals surface area contributed by atoms with Crippen LogP contribution in [0.4, 0.5) is 5.69 Å². The van der Waals surface area contributed by atoms with Gasteiger partial charge >= 0.3 is 0 Å². The maximum atomic E-state index is 6.31. The Kier molecular flexibility index (Phi) is 11.1. The van der Waals surface area contributed by atoms with Gasteiger partial charge in [-0.2, -0.15) is 0 Å². The van der Waals surface area contributed by atoms with Crippen LogP contribution >= 0.6 is 11.3 Å². The maximum absolute atomic E-state index is 6.31. The van der Waals surface area contributed by atoms with Gasteiger partial charge in [-0.3, -0.25) is 4.98 Å². The van der Waals surface area contributed by atoms with E-state index < -0.39 is 0 Å². The van der Waals surface area contributed by atoms with Gasteiger partial charge < -0.3 is 16.4 Å². The molecule has 2 aromatic rings. The largest absolute Gasteiger partial charge is 0.399 e. The van der Waals surface area contributed by atoms with Crippen molar-refractivity contribution < 1.29 is 0 Å². The summed E-state index contributed by atoms with van der Waals surface area (Å²) >= 11 is 1.73. The van der Waals surface area contributed by atoms with E-state index in [9.17, 15) is 0 Å². The van der Waals surface area contributed by atoms with E-state index in [0.29, 0.717) is 28.5 Å². The maximum Gasteiger partial charge on any atom is 0.0851 e. The van der Waals surface area contributed by atoms with Gasteiger partial charge in [0.2, 0.25) is 0 Å². The molecule has 0 aliphatic heterocycles. The fourth-order valence-electron chi connectivity index (χ4n) is 4.95. The van der Waals surface area contributed by atoms with E-state index in [1.807, 2.05) is 44.3 Å². The molecule has 2 aromatic heterocycles. The lowest BCUT2D eigenvalue weighted by atomic mass is 9.95. The lowest BCUT2D eigenvalue weighted by Crippen LogP contribution is -2.16. The van der Waals surface area contributed by atoms with Gasteiger partial charge in [-0.1, -0.05) is 57.9 Å². The van der Waals surface area contributed by atoms with Gasteiger partial charge in [-0.05, 0) is 105 Å². The summed E-state index contributed by atoms with van der Waals surface area (Å²) in [6.07, 6.45) is 16.7. The van der Waals surface area contributed by atoms with E-state index in [0.717, 1.165) is 44.4 Å². The molecule has 41 heavy (non-hydrogen) atoms. The monoisotopic (exact) mass is 564 g/mol. The summed E-state index contributed by atoms with van der Waals surface area (Å²) in [5.74, 6) is 0.511. The van der Waals surface area contributed by atoms with Crippen LogP contribution in [-0.4, -0.2) is 4.98 Å². The molecule has 0 aromatic carbocycles. The summed E-state index contributed by atoms with van der Waals surface area (Å²) in [5.41, 5.74) is 15.6. The zero-order valence-corrected chi connectivity index (χ0v) is 25.9. The second kappa shape index (κ2) is 14.5. The fraction of sp³-hybridized carbons (Fsp3) is 0.250. The Hall–Kier alpha value is -4.09. The lowest BCUT2D eigenvalue weighted by molar-refractivity contribution is 0.607. The number of hydrogen-bond donors (Lipinski definition) is 3. The first-order valence-electron chi connectivity index (χ1n) is 14.1. The summed E-state index contributed by atoms with van der Waals surface area (Å²) in [7, 11) is 0. The van der Waals surface area contributed by atoms with Crippen molar-refractivity contribution in [3.8, 4) is 10.6 Å². The number of nitrogens with two attached hydrogens (primary N) is 1. The molecule has 0 radical (unpaired) electrons. The molecule has 0 amide bonds. The molecular formula is C36H44N4S. The minimum atomic E-state index is 0.412. The van der Waals surface area contributed by atoms with Crippen molar-refractivity contribution in [2.24, 2.45) is 11.7 Å². The van der Waals surface area contributed by atoms with Crippen LogP contribution in [0.15, 0.2) is 133 Å². The Labute approximate surface area is 250 Å². The first-order chi connectivity index (χ1) is 19.6. The number of allylic oxidation sites excluding steroid dienone is 10. The third-order valence-electron chi connectivity index (χ3n) is 7.44. The van der Waals surface area contributed by atoms with Gasteiger partial charge in [0.05, 0.1) is 10.6 Å². The summed E-state index contributed by atoms with van der Waals surface area (Å²) in [5, 5.41) is 6.93. The van der Waals surface area contributed by atoms with E-state index in [1.54, 1.807) is 11.3 Å². The van der Waals surface area contributed by atoms with Crippen molar-refractivity contribution in [3.63, 3.8) is 0 Å². The van der Waals surface area contributed by atoms with Gasteiger partial charge in [-0.15, -0.1) is 11.3 Å². The zero-order chi connectivity index (χ0) is 30.1. The van der Waals surface area contributed by atoms with Crippen LogP contribution in [-0.2, 0) is 0 Å². The molecule has 0 spiro atoms. The molecule has 2 heterocycles. The first kappa shape index (κ1) is 31.4. The standard InChI is InChI=1S/C36H44N4S/c1-10-29(21-32(12-3)39-28(9)31-15-13-14-16-31)30(11-2)22-33(26(7)37)24(5)27(8)40-34-19-20-38-36(25(34)6)35-18-17-23(4)41-35/h10-12,17-22,31,39H,3,5,7-9,13-16,37H2,1-2,4,6H3,(H,38,40)/b29-10+,30-11+,32-21+,33-22-. The van der Waals surface area contributed by atoms with E-state index >= 15 is 0 Å². The van der Waals surface area contributed by atoms with E-state index in [1.165, 1.54) is 30.6 Å². The Morgan fingerprint density at radius 1 is 1.00 bits per heavy atom. The molecule has 4 nitrogen and oxygen atoms in total. The van der Waals surface area contributed by atoms with Crippen LogP contribution in [0.3, 0.4) is 0 Å². The number of nitrogens with one attached hydrogen (secondary N) is 2. The van der Waals surface area contributed by atoms with Crippen LogP contribution in [0.5, 0.6) is 0 Å². The molecule has 0 unspecified atom stereocenters. The number of hydrogen-bond acceptors (Lipinski definition) is 5. The summed E-state index contributed by atoms with van der Waals surface area (Å²) in [6, 6.07) is 6.16. The van der Waals surface area contributed by atoms with E-state index in [-0.39, 0.29) is 0 Å². The van der Waals surface area contributed by atoms with Crippen LogP contribution < -0.4 is 16.4 Å². The quantitative estimate of drug-likeness (QED) is 0.212. The van der Waals surface area contributed by atoms with E-state index in [4.69, 9.17) is 5.73 Å². The lowest BCUT2D eigenvalue weighted by Gasteiger charge is -2.19. The third kappa shape index (κ3) is 7.99. The predicted octanol–water partition coefficient (Wildman–Crippen LogP) is 9.56. The minimum absolute atomic E-state index is 0.412. The fourth-order valence-corrected chi connectivity index (χ4v) is 5.87. The minimum Gasteiger partial charge on any atom is -0.399 e. The number of nitrogens with zero attached hydrogens (tertiary/aromatic N) is 1. The first-order valence-corrected chi connectivity index (χ1v) is 14.9. The SMILES string of the molecule is C=C\C(=C/C(=C\C)C(/C=C(\C(=C)N)C(=C)C(=C)Nc1ccnc(-c2ccc(C)s2)c1C)=C/C)NC(=C)C1CCCC1. The topological polar surface area (TPSA) is 63.0 Å². The second-order valence-electron chi connectivity index (χ2n) is 10.3. The average Bonchev–Trinajstić information content (AvgIpc) is 3.65. The molecule has 1 aliphatic carbocycles. The molecule has 3 rings (SSSR count). The highest BCUT2D eigenvalue weighted by atomic mass is 32.1. The molecule has 1 fully saturated rings. The van der Waals surface area contributed by atoms with Crippen molar-refractivity contribution in [2.75, 3.05) is 5.32 Å². The Bertz CT molecular complexity index is 1470. The Morgan fingerprint density at radius 3 is 2.22 bits per heavy atom. The summed E-state index contributed by atoms with van der Waals surface area (Å²) < 4.78 is 0. The number of pyridine rings is 1. The van der Waals surface area contributed by atoms with Crippen LogP contribution in [0.25, 0.3) is 10.6 Å². The number of thiophene rings is 1. The third-order valence-corrected chi connectivity index (χ3v) is 8.45. The molecule has 1 saturated carbocycles. The highest BCUT2D eigenvalue weighted by Gasteiger charge is 2.18. The highest BCUT2D eigenvalue weighted by Crippen LogP contribution is 2.33. The van der Waals surface area contributed by atoms with E-state index in [2.05, 4.69) is 86.6 Å². The molecule has 0 atom stereocenters.